The first-order chi connectivity index (χ1) is 8.30. The molecule has 0 saturated heterocycles. The first-order valence-electron chi connectivity index (χ1n) is 5.26. The topological polar surface area (TPSA) is 108 Å². The lowest BCUT2D eigenvalue weighted by Crippen LogP contribution is -2.38. The second-order valence-electron chi connectivity index (χ2n) is 3.86. The summed E-state index contributed by atoms with van der Waals surface area (Å²) in [5, 5.41) is 17.1. The van der Waals surface area contributed by atoms with Crippen LogP contribution in [0.2, 0.25) is 0 Å². The van der Waals surface area contributed by atoms with E-state index in [1.807, 2.05) is 0 Å². The predicted octanol–water partition coefficient (Wildman–Crippen LogP) is 0.369. The molecule has 1 aromatic heterocycles. The van der Waals surface area contributed by atoms with Gasteiger partial charge in [-0.05, 0) is 26.0 Å². The fourth-order valence-corrected chi connectivity index (χ4v) is 2.99. The van der Waals surface area contributed by atoms with Gasteiger partial charge in [-0.3, -0.25) is 0 Å². The molecule has 1 aromatic rings. The Morgan fingerprint density at radius 2 is 2.06 bits per heavy atom. The summed E-state index contributed by atoms with van der Waals surface area (Å²) >= 11 is 0. The van der Waals surface area contributed by atoms with Crippen LogP contribution in [-0.2, 0) is 10.0 Å². The van der Waals surface area contributed by atoms with Crippen molar-refractivity contribution in [3.8, 4) is 0 Å². The van der Waals surface area contributed by atoms with Crippen LogP contribution in [0, 0.1) is 0 Å². The van der Waals surface area contributed by atoms with E-state index in [4.69, 9.17) is 14.6 Å². The lowest BCUT2D eigenvalue weighted by Gasteiger charge is -2.23. The SMILES string of the molecule is CC(C)N(CCO)S(=O)(=O)c1ccc(C(=O)O)o1. The van der Waals surface area contributed by atoms with Crippen molar-refractivity contribution >= 4 is 16.0 Å². The van der Waals surface area contributed by atoms with Gasteiger partial charge >= 0.3 is 5.97 Å². The molecule has 1 rings (SSSR count). The minimum Gasteiger partial charge on any atom is -0.475 e. The van der Waals surface area contributed by atoms with E-state index in [2.05, 4.69) is 0 Å². The van der Waals surface area contributed by atoms with E-state index < -0.39 is 26.8 Å². The van der Waals surface area contributed by atoms with Crippen molar-refractivity contribution in [2.45, 2.75) is 25.0 Å². The summed E-state index contributed by atoms with van der Waals surface area (Å²) in [4.78, 5) is 10.6. The van der Waals surface area contributed by atoms with Crippen LogP contribution < -0.4 is 0 Å². The van der Waals surface area contributed by atoms with Crippen molar-refractivity contribution < 1.29 is 27.8 Å². The molecule has 0 saturated carbocycles. The van der Waals surface area contributed by atoms with Gasteiger partial charge in [0, 0.05) is 12.6 Å². The first-order valence-corrected chi connectivity index (χ1v) is 6.70. The monoisotopic (exact) mass is 277 g/mol. The fraction of sp³-hybridized carbons (Fsp3) is 0.500. The minimum atomic E-state index is -3.93. The maximum absolute atomic E-state index is 12.1. The summed E-state index contributed by atoms with van der Waals surface area (Å²) in [5.41, 5.74) is 0. The summed E-state index contributed by atoms with van der Waals surface area (Å²) < 4.78 is 30.1. The zero-order chi connectivity index (χ0) is 13.9. The number of rotatable bonds is 6. The van der Waals surface area contributed by atoms with E-state index in [9.17, 15) is 13.2 Å². The third kappa shape index (κ3) is 2.89. The second-order valence-corrected chi connectivity index (χ2v) is 5.68. The zero-order valence-electron chi connectivity index (χ0n) is 10.0. The smallest absolute Gasteiger partial charge is 0.371 e. The Hall–Kier alpha value is -1.38. The van der Waals surface area contributed by atoms with Gasteiger partial charge in [0.25, 0.3) is 10.0 Å². The number of aliphatic hydroxyl groups excluding tert-OH is 1. The second kappa shape index (κ2) is 5.51. The highest BCUT2D eigenvalue weighted by Gasteiger charge is 2.30. The van der Waals surface area contributed by atoms with E-state index in [0.29, 0.717) is 0 Å². The van der Waals surface area contributed by atoms with Gasteiger partial charge in [0.1, 0.15) is 0 Å². The molecule has 0 aliphatic heterocycles. The van der Waals surface area contributed by atoms with Crippen molar-refractivity contribution in [1.82, 2.24) is 4.31 Å². The molecule has 0 aromatic carbocycles. The number of sulfonamides is 1. The summed E-state index contributed by atoms with van der Waals surface area (Å²) in [6.45, 7) is 2.88. The van der Waals surface area contributed by atoms with Crippen LogP contribution in [0.1, 0.15) is 24.4 Å². The molecule has 0 radical (unpaired) electrons. The van der Waals surface area contributed by atoms with Crippen LogP contribution in [0.4, 0.5) is 0 Å². The maximum Gasteiger partial charge on any atom is 0.371 e. The quantitative estimate of drug-likeness (QED) is 0.777. The summed E-state index contributed by atoms with van der Waals surface area (Å²) in [5.74, 6) is -1.78. The molecule has 0 atom stereocenters. The summed E-state index contributed by atoms with van der Waals surface area (Å²) in [6.07, 6.45) is 0. The van der Waals surface area contributed by atoms with Crippen molar-refractivity contribution in [3.05, 3.63) is 17.9 Å². The summed E-state index contributed by atoms with van der Waals surface area (Å²) in [6, 6.07) is 1.79. The zero-order valence-corrected chi connectivity index (χ0v) is 10.8. The lowest BCUT2D eigenvalue weighted by atomic mass is 10.4. The van der Waals surface area contributed by atoms with Gasteiger partial charge in [-0.25, -0.2) is 13.2 Å². The van der Waals surface area contributed by atoms with Crippen LogP contribution in [0.15, 0.2) is 21.6 Å². The Kier molecular flexibility index (Phi) is 4.49. The van der Waals surface area contributed by atoms with Gasteiger partial charge < -0.3 is 14.6 Å². The highest BCUT2D eigenvalue weighted by molar-refractivity contribution is 7.89. The molecule has 7 nitrogen and oxygen atoms in total. The standard InChI is InChI=1S/C10H15NO6S/c1-7(2)11(5-6-12)18(15,16)9-4-3-8(17-9)10(13)14/h3-4,7,12H,5-6H2,1-2H3,(H,13,14). The number of nitrogens with zero attached hydrogens (tertiary/aromatic N) is 1. The highest BCUT2D eigenvalue weighted by Crippen LogP contribution is 2.20. The Balaban J connectivity index is 3.14. The van der Waals surface area contributed by atoms with Crippen molar-refractivity contribution in [2.24, 2.45) is 0 Å². The van der Waals surface area contributed by atoms with Gasteiger partial charge in [-0.2, -0.15) is 4.31 Å². The number of hydrogen-bond acceptors (Lipinski definition) is 5. The van der Waals surface area contributed by atoms with E-state index in [-0.39, 0.29) is 19.2 Å². The molecule has 102 valence electrons. The number of furan rings is 1. The van der Waals surface area contributed by atoms with Gasteiger partial charge in [-0.15, -0.1) is 0 Å². The van der Waals surface area contributed by atoms with Gasteiger partial charge in [0.05, 0.1) is 6.61 Å². The Labute approximate surface area is 105 Å². The van der Waals surface area contributed by atoms with Crippen LogP contribution in [-0.4, -0.2) is 48.1 Å². The molecule has 0 bridgehead atoms. The van der Waals surface area contributed by atoms with Crippen molar-refractivity contribution in [2.75, 3.05) is 13.2 Å². The number of aliphatic hydroxyl groups is 1. The van der Waals surface area contributed by atoms with E-state index in [0.717, 1.165) is 16.4 Å². The molecule has 2 N–H and O–H groups in total. The number of carboxylic acids is 1. The van der Waals surface area contributed by atoms with E-state index >= 15 is 0 Å². The highest BCUT2D eigenvalue weighted by atomic mass is 32.2. The van der Waals surface area contributed by atoms with E-state index in [1.165, 1.54) is 0 Å². The molecule has 18 heavy (non-hydrogen) atoms. The van der Waals surface area contributed by atoms with Gasteiger partial charge in [-0.1, -0.05) is 0 Å². The number of hydrogen-bond donors (Lipinski definition) is 2. The minimum absolute atomic E-state index is 0.0803. The molecular weight excluding hydrogens is 262 g/mol. The van der Waals surface area contributed by atoms with Crippen LogP contribution in [0.5, 0.6) is 0 Å². The molecule has 1 heterocycles. The first kappa shape index (κ1) is 14.7. The molecule has 8 heteroatoms. The Morgan fingerprint density at radius 1 is 1.44 bits per heavy atom. The van der Waals surface area contributed by atoms with Crippen LogP contribution in [0.25, 0.3) is 0 Å². The van der Waals surface area contributed by atoms with Gasteiger partial charge in [0.2, 0.25) is 10.9 Å². The number of carboxylic acid groups (broad SMARTS) is 1. The average molecular weight is 277 g/mol. The Bertz CT molecular complexity index is 518. The molecule has 0 unspecified atom stereocenters. The Morgan fingerprint density at radius 3 is 2.44 bits per heavy atom. The third-order valence-corrected chi connectivity index (χ3v) is 4.20. The molecular formula is C10H15NO6S. The average Bonchev–Trinajstić information content (AvgIpc) is 2.74. The number of carbonyl (C=O) groups is 1. The van der Waals surface area contributed by atoms with Crippen molar-refractivity contribution in [3.63, 3.8) is 0 Å². The number of aromatic carboxylic acids is 1. The largest absolute Gasteiger partial charge is 0.475 e. The lowest BCUT2D eigenvalue weighted by molar-refractivity contribution is 0.0656. The normalized spacial score (nSPS) is 12.3. The van der Waals surface area contributed by atoms with Crippen LogP contribution in [0.3, 0.4) is 0 Å². The molecule has 0 aliphatic carbocycles. The van der Waals surface area contributed by atoms with Crippen molar-refractivity contribution in [1.29, 1.82) is 0 Å². The third-order valence-electron chi connectivity index (χ3n) is 2.25. The maximum atomic E-state index is 12.1. The predicted molar refractivity (Wildman–Crippen MR) is 61.8 cm³/mol. The molecule has 0 spiro atoms. The molecule has 0 fully saturated rings. The molecule has 0 amide bonds. The fourth-order valence-electron chi connectivity index (χ4n) is 1.44. The van der Waals surface area contributed by atoms with Crippen LogP contribution >= 0.6 is 0 Å². The van der Waals surface area contributed by atoms with Gasteiger partial charge in [0.15, 0.2) is 0 Å². The van der Waals surface area contributed by atoms with E-state index in [1.54, 1.807) is 13.8 Å². The summed E-state index contributed by atoms with van der Waals surface area (Å²) in [7, 11) is -3.93. The molecule has 0 aliphatic rings.